The van der Waals surface area contributed by atoms with E-state index in [1.165, 1.54) is 0 Å². The zero-order valence-electron chi connectivity index (χ0n) is 13.2. The van der Waals surface area contributed by atoms with E-state index in [1.807, 2.05) is 13.0 Å². The number of allylic oxidation sites excluding steroid dienone is 4. The number of ketones is 3. The van der Waals surface area contributed by atoms with Crippen LogP contribution in [0, 0.1) is 28.6 Å². The molecule has 0 aromatic carbocycles. The van der Waals surface area contributed by atoms with Crippen molar-refractivity contribution >= 4 is 17.3 Å². The Kier molecular flexibility index (Phi) is 2.74. The summed E-state index contributed by atoms with van der Waals surface area (Å²) in [6.07, 6.45) is 9.08. The van der Waals surface area contributed by atoms with E-state index in [4.69, 9.17) is 0 Å². The van der Waals surface area contributed by atoms with E-state index in [9.17, 15) is 14.4 Å². The van der Waals surface area contributed by atoms with Crippen molar-refractivity contribution in [2.45, 2.75) is 46.0 Å². The number of rotatable bonds is 0. The molecule has 0 heterocycles. The minimum absolute atomic E-state index is 0.0371. The molecular weight excluding hydrogens is 276 g/mol. The van der Waals surface area contributed by atoms with Crippen LogP contribution in [0.4, 0.5) is 0 Å². The van der Waals surface area contributed by atoms with Gasteiger partial charge in [-0.25, -0.2) is 0 Å². The molecule has 0 spiro atoms. The van der Waals surface area contributed by atoms with Crippen LogP contribution in [0.15, 0.2) is 23.8 Å². The molecule has 5 atom stereocenters. The van der Waals surface area contributed by atoms with Crippen molar-refractivity contribution in [2.75, 3.05) is 0 Å². The first-order valence-electron chi connectivity index (χ1n) is 8.36. The summed E-state index contributed by atoms with van der Waals surface area (Å²) in [5, 5.41) is 0. The number of carbonyl (C=O) groups is 3. The van der Waals surface area contributed by atoms with E-state index < -0.39 is 5.41 Å². The molecule has 3 heteroatoms. The predicted molar refractivity (Wildman–Crippen MR) is 82.0 cm³/mol. The average Bonchev–Trinajstić information content (AvgIpc) is 2.75. The molecule has 116 valence electrons. The van der Waals surface area contributed by atoms with Crippen molar-refractivity contribution in [2.24, 2.45) is 28.6 Å². The second-order valence-corrected chi connectivity index (χ2v) is 8.00. The van der Waals surface area contributed by atoms with Gasteiger partial charge >= 0.3 is 0 Å². The molecule has 0 aromatic heterocycles. The second-order valence-electron chi connectivity index (χ2n) is 8.00. The quantitative estimate of drug-likeness (QED) is 0.690. The van der Waals surface area contributed by atoms with E-state index in [1.54, 1.807) is 12.2 Å². The normalized spacial score (nSPS) is 46.9. The third-order valence-corrected chi connectivity index (χ3v) is 6.97. The highest BCUT2D eigenvalue weighted by atomic mass is 16.1. The van der Waals surface area contributed by atoms with Gasteiger partial charge in [-0.05, 0) is 43.3 Å². The molecular formula is C19H22O3. The highest BCUT2D eigenvalue weighted by molar-refractivity contribution is 6.02. The molecule has 3 saturated carbocycles. The van der Waals surface area contributed by atoms with Crippen molar-refractivity contribution in [3.05, 3.63) is 23.8 Å². The number of Topliss-reactive ketones (excluding diaryl/α,β-unsaturated/α-hetero) is 2. The maximum absolute atomic E-state index is 13.0. The minimum atomic E-state index is -0.427. The lowest BCUT2D eigenvalue weighted by atomic mass is 9.48. The lowest BCUT2D eigenvalue weighted by molar-refractivity contribution is -0.147. The lowest BCUT2D eigenvalue weighted by Crippen LogP contribution is -2.54. The number of hydrogen-bond donors (Lipinski definition) is 0. The zero-order valence-corrected chi connectivity index (χ0v) is 13.2. The van der Waals surface area contributed by atoms with Gasteiger partial charge in [0.2, 0.25) is 0 Å². The Morgan fingerprint density at radius 3 is 2.64 bits per heavy atom. The molecule has 0 saturated heterocycles. The first kappa shape index (κ1) is 14.1. The summed E-state index contributed by atoms with van der Waals surface area (Å²) in [4.78, 5) is 37.0. The molecule has 3 nitrogen and oxygen atoms in total. The van der Waals surface area contributed by atoms with Gasteiger partial charge in [-0.3, -0.25) is 14.4 Å². The molecule has 0 aromatic rings. The van der Waals surface area contributed by atoms with Gasteiger partial charge in [-0.15, -0.1) is 0 Å². The molecule has 0 unspecified atom stereocenters. The second kappa shape index (κ2) is 4.27. The van der Waals surface area contributed by atoms with Gasteiger partial charge in [0, 0.05) is 29.6 Å². The third kappa shape index (κ3) is 1.60. The molecule has 4 aliphatic carbocycles. The summed E-state index contributed by atoms with van der Waals surface area (Å²) in [5.41, 5.74) is 0.368. The van der Waals surface area contributed by atoms with Crippen molar-refractivity contribution in [1.82, 2.24) is 0 Å². The van der Waals surface area contributed by atoms with Crippen molar-refractivity contribution in [3.8, 4) is 0 Å². The molecule has 22 heavy (non-hydrogen) atoms. The summed E-state index contributed by atoms with van der Waals surface area (Å²) in [5.74, 6) is 1.12. The first-order chi connectivity index (χ1) is 10.4. The lowest BCUT2D eigenvalue weighted by Gasteiger charge is -2.54. The number of hydrogen-bond acceptors (Lipinski definition) is 3. The van der Waals surface area contributed by atoms with Gasteiger partial charge in [-0.1, -0.05) is 25.5 Å². The van der Waals surface area contributed by atoms with Crippen LogP contribution in [0.5, 0.6) is 0 Å². The highest BCUT2D eigenvalue weighted by Gasteiger charge is 2.61. The molecule has 3 fully saturated rings. The van der Waals surface area contributed by atoms with Gasteiger partial charge in [0.25, 0.3) is 0 Å². The van der Waals surface area contributed by atoms with E-state index in [-0.39, 0.29) is 34.6 Å². The van der Waals surface area contributed by atoms with E-state index >= 15 is 0 Å². The first-order valence-corrected chi connectivity index (χ1v) is 8.36. The van der Waals surface area contributed by atoms with E-state index in [2.05, 4.69) is 6.92 Å². The van der Waals surface area contributed by atoms with Gasteiger partial charge < -0.3 is 0 Å². The molecule has 0 bridgehead atoms. The van der Waals surface area contributed by atoms with Gasteiger partial charge in [0.15, 0.2) is 5.78 Å². The molecule has 4 aliphatic rings. The Hall–Kier alpha value is -1.51. The van der Waals surface area contributed by atoms with Crippen LogP contribution >= 0.6 is 0 Å². The summed E-state index contributed by atoms with van der Waals surface area (Å²) in [7, 11) is 0. The van der Waals surface area contributed by atoms with Crippen LogP contribution in [0.1, 0.15) is 46.0 Å². The summed E-state index contributed by atoms with van der Waals surface area (Å²) in [6, 6.07) is 0. The fourth-order valence-corrected chi connectivity index (χ4v) is 5.81. The fourth-order valence-electron chi connectivity index (χ4n) is 5.81. The average molecular weight is 298 g/mol. The SMILES string of the molecule is C[C@@]12C=CC(=O)C=C1CC[C@H]1[C@H]2C(=O)C[C@]2(C)C(=O)CC[C@H]12. The van der Waals surface area contributed by atoms with Crippen LogP contribution in [-0.2, 0) is 14.4 Å². The van der Waals surface area contributed by atoms with Gasteiger partial charge in [0.1, 0.15) is 11.6 Å². The Morgan fingerprint density at radius 1 is 1.09 bits per heavy atom. The van der Waals surface area contributed by atoms with Gasteiger partial charge in [-0.2, -0.15) is 0 Å². The molecule has 0 amide bonds. The zero-order chi connectivity index (χ0) is 15.7. The smallest absolute Gasteiger partial charge is 0.178 e. The summed E-state index contributed by atoms with van der Waals surface area (Å²) < 4.78 is 0. The Bertz CT molecular complexity index is 656. The Labute approximate surface area is 130 Å². The maximum atomic E-state index is 13.0. The third-order valence-electron chi connectivity index (χ3n) is 6.97. The van der Waals surface area contributed by atoms with Crippen molar-refractivity contribution in [3.63, 3.8) is 0 Å². The number of fused-ring (bicyclic) bond motifs is 5. The summed E-state index contributed by atoms with van der Waals surface area (Å²) in [6.45, 7) is 4.12. The van der Waals surface area contributed by atoms with E-state index in [0.29, 0.717) is 18.8 Å². The van der Waals surface area contributed by atoms with Crippen LogP contribution in [0.25, 0.3) is 0 Å². The largest absolute Gasteiger partial charge is 0.299 e. The van der Waals surface area contributed by atoms with Crippen LogP contribution < -0.4 is 0 Å². The maximum Gasteiger partial charge on any atom is 0.178 e. The Balaban J connectivity index is 1.79. The number of carbonyl (C=O) groups excluding carboxylic acids is 3. The molecule has 4 rings (SSSR count). The van der Waals surface area contributed by atoms with Crippen molar-refractivity contribution < 1.29 is 14.4 Å². The molecule has 0 aliphatic heterocycles. The predicted octanol–water partition coefficient (Wildman–Crippen LogP) is 3.04. The van der Waals surface area contributed by atoms with Gasteiger partial charge in [0.05, 0.1) is 0 Å². The van der Waals surface area contributed by atoms with Crippen molar-refractivity contribution in [1.29, 1.82) is 0 Å². The van der Waals surface area contributed by atoms with Crippen LogP contribution in [0.2, 0.25) is 0 Å². The standard InChI is InChI=1S/C19H22O3/c1-18-8-7-12(20)9-11(18)3-4-13-14-5-6-16(22)19(14,2)10-15(21)17(13)18/h7-9,13-14,17H,3-6,10H2,1-2H3/t13-,14-,17+,18-,19+/m1/s1. The van der Waals surface area contributed by atoms with Crippen LogP contribution in [-0.4, -0.2) is 17.3 Å². The topological polar surface area (TPSA) is 51.2 Å². The minimum Gasteiger partial charge on any atom is -0.299 e. The monoisotopic (exact) mass is 298 g/mol. The van der Waals surface area contributed by atoms with Crippen LogP contribution in [0.3, 0.4) is 0 Å². The summed E-state index contributed by atoms with van der Waals surface area (Å²) >= 11 is 0. The highest BCUT2D eigenvalue weighted by Crippen LogP contribution is 2.62. The molecule has 0 radical (unpaired) electrons. The molecule has 0 N–H and O–H groups in total. The van der Waals surface area contributed by atoms with E-state index in [0.717, 1.165) is 24.8 Å². The Morgan fingerprint density at radius 2 is 1.86 bits per heavy atom. The fraction of sp³-hybridized carbons (Fsp3) is 0.632.